The first-order valence-electron chi connectivity index (χ1n) is 6.62. The Bertz CT molecular complexity index is 657. The molecule has 0 bridgehead atoms. The largest absolute Gasteiger partial charge is 0.477 e. The molecule has 0 amide bonds. The van der Waals surface area contributed by atoms with E-state index in [4.69, 9.17) is 9.47 Å². The van der Waals surface area contributed by atoms with E-state index in [-0.39, 0.29) is 11.7 Å². The highest BCUT2D eigenvalue weighted by molar-refractivity contribution is 8.00. The number of hydrogen-bond acceptors (Lipinski definition) is 5. The second-order valence-corrected chi connectivity index (χ2v) is 5.40. The molecule has 1 aromatic heterocycles. The van der Waals surface area contributed by atoms with Crippen molar-refractivity contribution in [2.24, 2.45) is 0 Å². The Morgan fingerprint density at radius 3 is 3.00 bits per heavy atom. The highest BCUT2D eigenvalue weighted by Gasteiger charge is 2.20. The number of thioether (sulfide) groups is 1. The Morgan fingerprint density at radius 1 is 1.40 bits per heavy atom. The summed E-state index contributed by atoms with van der Waals surface area (Å²) in [6, 6.07) is 8.12. The number of hydrogen-bond donors (Lipinski definition) is 0. The van der Waals surface area contributed by atoms with Crippen LogP contribution in [0, 0.1) is 0 Å². The van der Waals surface area contributed by atoms with Crippen LogP contribution in [-0.2, 0) is 16.0 Å². The molecule has 0 saturated carbocycles. The second-order valence-electron chi connectivity index (χ2n) is 4.44. The Morgan fingerprint density at radius 2 is 2.20 bits per heavy atom. The number of carbonyl (C=O) groups excluding carboxylic acids is 1. The fourth-order valence-electron chi connectivity index (χ4n) is 2.32. The summed E-state index contributed by atoms with van der Waals surface area (Å²) in [4.78, 5) is 16.0. The molecular weight excluding hydrogens is 274 g/mol. The summed E-state index contributed by atoms with van der Waals surface area (Å²) in [6.07, 6.45) is 0.895. The van der Waals surface area contributed by atoms with Crippen molar-refractivity contribution < 1.29 is 14.3 Å². The monoisotopic (exact) mass is 289 g/mol. The molecule has 2 aromatic rings. The summed E-state index contributed by atoms with van der Waals surface area (Å²) in [5.74, 6) is 0.753. The standard InChI is InChI=1S/C15H15NO3S/c1-2-18-13(17)9-20-15-12-6-4-3-5-10(12)11-7-8-19-14(11)16-15/h3-6H,2,7-9H2,1H3. The number of ether oxygens (including phenoxy) is 2. The van der Waals surface area contributed by atoms with Crippen LogP contribution in [-0.4, -0.2) is 29.9 Å². The highest BCUT2D eigenvalue weighted by Crippen LogP contribution is 2.36. The van der Waals surface area contributed by atoms with Gasteiger partial charge in [-0.05, 0) is 12.3 Å². The van der Waals surface area contributed by atoms with E-state index in [2.05, 4.69) is 11.1 Å². The quantitative estimate of drug-likeness (QED) is 0.640. The lowest BCUT2D eigenvalue weighted by Crippen LogP contribution is -2.06. The highest BCUT2D eigenvalue weighted by atomic mass is 32.2. The Balaban J connectivity index is 1.95. The van der Waals surface area contributed by atoms with Crippen molar-refractivity contribution in [2.75, 3.05) is 19.0 Å². The molecule has 1 aliphatic rings. The smallest absolute Gasteiger partial charge is 0.316 e. The molecule has 0 N–H and O–H groups in total. The summed E-state index contributed by atoms with van der Waals surface area (Å²) in [7, 11) is 0. The fraction of sp³-hybridized carbons (Fsp3) is 0.333. The molecule has 0 spiro atoms. The van der Waals surface area contributed by atoms with E-state index in [1.807, 2.05) is 18.2 Å². The van der Waals surface area contributed by atoms with E-state index in [9.17, 15) is 4.79 Å². The van der Waals surface area contributed by atoms with Gasteiger partial charge in [-0.3, -0.25) is 4.79 Å². The molecular formula is C15H15NO3S. The maximum absolute atomic E-state index is 11.5. The molecule has 1 aromatic carbocycles. The summed E-state index contributed by atoms with van der Waals surface area (Å²) in [5.41, 5.74) is 1.17. The Labute approximate surface area is 121 Å². The lowest BCUT2D eigenvalue weighted by atomic mass is 10.1. The number of aromatic nitrogens is 1. The van der Waals surface area contributed by atoms with Crippen molar-refractivity contribution in [1.82, 2.24) is 4.98 Å². The molecule has 1 aliphatic heterocycles. The van der Waals surface area contributed by atoms with E-state index in [0.717, 1.165) is 16.8 Å². The SMILES string of the molecule is CCOC(=O)CSc1nc2c(c3ccccc13)CCO2. The zero-order chi connectivity index (χ0) is 13.9. The molecule has 104 valence electrons. The molecule has 4 nitrogen and oxygen atoms in total. The minimum atomic E-state index is -0.218. The summed E-state index contributed by atoms with van der Waals surface area (Å²) >= 11 is 1.40. The third-order valence-corrected chi connectivity index (χ3v) is 4.13. The third kappa shape index (κ3) is 2.45. The van der Waals surface area contributed by atoms with Crippen LogP contribution in [0.2, 0.25) is 0 Å². The van der Waals surface area contributed by atoms with Gasteiger partial charge < -0.3 is 9.47 Å². The van der Waals surface area contributed by atoms with E-state index in [1.165, 1.54) is 22.7 Å². The van der Waals surface area contributed by atoms with Crippen LogP contribution < -0.4 is 4.74 Å². The number of pyridine rings is 1. The Kier molecular flexibility index (Phi) is 3.78. The number of carbonyl (C=O) groups is 1. The first kappa shape index (κ1) is 13.2. The molecule has 20 heavy (non-hydrogen) atoms. The van der Waals surface area contributed by atoms with E-state index < -0.39 is 0 Å². The van der Waals surface area contributed by atoms with Gasteiger partial charge in [0.2, 0.25) is 5.88 Å². The zero-order valence-corrected chi connectivity index (χ0v) is 12.0. The molecule has 0 unspecified atom stereocenters. The molecule has 0 atom stereocenters. The lowest BCUT2D eigenvalue weighted by molar-refractivity contribution is -0.139. The molecule has 0 radical (unpaired) electrons. The van der Waals surface area contributed by atoms with Gasteiger partial charge in [0, 0.05) is 17.4 Å². The summed E-state index contributed by atoms with van der Waals surface area (Å²) < 4.78 is 10.5. The zero-order valence-electron chi connectivity index (χ0n) is 11.2. The van der Waals surface area contributed by atoms with Gasteiger partial charge in [-0.2, -0.15) is 0 Å². The fourth-order valence-corrected chi connectivity index (χ4v) is 3.14. The van der Waals surface area contributed by atoms with Crippen molar-refractivity contribution >= 4 is 28.5 Å². The van der Waals surface area contributed by atoms with Crippen LogP contribution in [0.3, 0.4) is 0 Å². The third-order valence-electron chi connectivity index (χ3n) is 3.17. The molecule has 0 fully saturated rings. The first-order chi connectivity index (χ1) is 9.79. The van der Waals surface area contributed by atoms with E-state index in [0.29, 0.717) is 19.1 Å². The Hall–Kier alpha value is -1.75. The normalized spacial score (nSPS) is 13.1. The molecule has 3 rings (SSSR count). The number of esters is 1. The lowest BCUT2D eigenvalue weighted by Gasteiger charge is -2.09. The van der Waals surface area contributed by atoms with E-state index in [1.54, 1.807) is 6.92 Å². The predicted molar refractivity (Wildman–Crippen MR) is 78.3 cm³/mol. The van der Waals surface area contributed by atoms with Gasteiger partial charge in [-0.1, -0.05) is 36.0 Å². The van der Waals surface area contributed by atoms with Crippen molar-refractivity contribution in [3.63, 3.8) is 0 Å². The van der Waals surface area contributed by atoms with Crippen LogP contribution in [0.15, 0.2) is 29.3 Å². The maximum atomic E-state index is 11.5. The minimum Gasteiger partial charge on any atom is -0.477 e. The second kappa shape index (κ2) is 5.71. The van der Waals surface area contributed by atoms with Crippen molar-refractivity contribution in [3.05, 3.63) is 29.8 Å². The van der Waals surface area contributed by atoms with Gasteiger partial charge in [0.25, 0.3) is 0 Å². The van der Waals surface area contributed by atoms with Gasteiger partial charge >= 0.3 is 5.97 Å². The predicted octanol–water partition coefficient (Wildman–Crippen LogP) is 2.82. The topological polar surface area (TPSA) is 48.4 Å². The van der Waals surface area contributed by atoms with Gasteiger partial charge in [0.1, 0.15) is 5.03 Å². The van der Waals surface area contributed by atoms with Gasteiger partial charge in [0.05, 0.1) is 19.0 Å². The van der Waals surface area contributed by atoms with Gasteiger partial charge in [-0.25, -0.2) is 4.98 Å². The van der Waals surface area contributed by atoms with Crippen LogP contribution in [0.5, 0.6) is 5.88 Å². The van der Waals surface area contributed by atoms with Crippen molar-refractivity contribution in [2.45, 2.75) is 18.4 Å². The molecule has 5 heteroatoms. The molecule has 2 heterocycles. The van der Waals surface area contributed by atoms with Crippen LogP contribution in [0.4, 0.5) is 0 Å². The minimum absolute atomic E-state index is 0.218. The number of benzene rings is 1. The van der Waals surface area contributed by atoms with Gasteiger partial charge in [0.15, 0.2) is 0 Å². The van der Waals surface area contributed by atoms with Crippen LogP contribution in [0.1, 0.15) is 12.5 Å². The van der Waals surface area contributed by atoms with Crippen LogP contribution in [0.25, 0.3) is 10.8 Å². The number of nitrogens with zero attached hydrogens (tertiary/aromatic N) is 1. The number of fused-ring (bicyclic) bond motifs is 3. The van der Waals surface area contributed by atoms with E-state index >= 15 is 0 Å². The van der Waals surface area contributed by atoms with Crippen molar-refractivity contribution in [1.29, 1.82) is 0 Å². The van der Waals surface area contributed by atoms with Crippen molar-refractivity contribution in [3.8, 4) is 5.88 Å². The average molecular weight is 289 g/mol. The van der Waals surface area contributed by atoms with Gasteiger partial charge in [-0.15, -0.1) is 0 Å². The first-order valence-corrected chi connectivity index (χ1v) is 7.61. The average Bonchev–Trinajstić information content (AvgIpc) is 2.93. The summed E-state index contributed by atoms with van der Waals surface area (Å²) in [5, 5.41) is 3.07. The summed E-state index contributed by atoms with van der Waals surface area (Å²) in [6.45, 7) is 2.89. The molecule has 0 saturated heterocycles. The van der Waals surface area contributed by atoms with Crippen LogP contribution >= 0.6 is 11.8 Å². The maximum Gasteiger partial charge on any atom is 0.316 e. The molecule has 0 aliphatic carbocycles. The number of rotatable bonds is 4.